The third-order valence-corrected chi connectivity index (χ3v) is 9.62. The van der Waals surface area contributed by atoms with Gasteiger partial charge >= 0.3 is 0 Å². The number of phenolic OH excluding ortho intramolecular Hbond substituents is 2. The van der Waals surface area contributed by atoms with Gasteiger partial charge < -0.3 is 10.2 Å². The van der Waals surface area contributed by atoms with E-state index in [2.05, 4.69) is 61.6 Å². The summed E-state index contributed by atoms with van der Waals surface area (Å²) in [6.07, 6.45) is 0. The Morgan fingerprint density at radius 1 is 0.552 bits per heavy atom. The summed E-state index contributed by atoms with van der Waals surface area (Å²) in [5, 5.41) is 22.6. The number of phenols is 2. The quantitative estimate of drug-likeness (QED) is 0.434. The zero-order chi connectivity index (χ0) is 20.2. The van der Waals surface area contributed by atoms with Crippen molar-refractivity contribution in [2.45, 2.75) is 13.1 Å². The zero-order valence-corrected chi connectivity index (χ0v) is 17.5. The normalized spacial score (nSPS) is 13.7. The zero-order valence-electron chi connectivity index (χ0n) is 16.5. The van der Waals surface area contributed by atoms with Crippen molar-refractivity contribution in [1.82, 2.24) is 0 Å². The molecule has 0 amide bonds. The van der Waals surface area contributed by atoms with Crippen LogP contribution in [0.5, 0.6) is 11.5 Å². The van der Waals surface area contributed by atoms with Gasteiger partial charge in [-0.25, -0.2) is 0 Å². The molecule has 1 aliphatic heterocycles. The van der Waals surface area contributed by atoms with E-state index in [-0.39, 0.29) is 5.75 Å². The molecule has 0 radical (unpaired) electrons. The third kappa shape index (κ3) is 2.70. The predicted molar refractivity (Wildman–Crippen MR) is 123 cm³/mol. The fourth-order valence-corrected chi connectivity index (χ4v) is 7.71. The molecule has 3 heteroatoms. The lowest BCUT2D eigenvalue weighted by Crippen LogP contribution is -2.53. The van der Waals surface area contributed by atoms with Gasteiger partial charge in [0.2, 0.25) is 0 Å². The van der Waals surface area contributed by atoms with Crippen LogP contribution in [0.25, 0.3) is 33.4 Å². The minimum Gasteiger partial charge on any atom is -0.508 e. The highest BCUT2D eigenvalue weighted by Gasteiger charge is 2.35. The second kappa shape index (κ2) is 6.36. The van der Waals surface area contributed by atoms with Crippen molar-refractivity contribution in [1.29, 1.82) is 0 Å². The predicted octanol–water partition coefficient (Wildman–Crippen LogP) is 5.23. The molecule has 29 heavy (non-hydrogen) atoms. The number of hydrogen-bond donors (Lipinski definition) is 2. The van der Waals surface area contributed by atoms with Crippen LogP contribution in [0, 0.1) is 0 Å². The van der Waals surface area contributed by atoms with Gasteiger partial charge in [-0.3, -0.25) is 0 Å². The van der Waals surface area contributed by atoms with Crippen molar-refractivity contribution in [2.24, 2.45) is 0 Å². The molecule has 142 valence electrons. The molecular weight excluding hydrogens is 372 g/mol. The van der Waals surface area contributed by atoms with E-state index in [4.69, 9.17) is 0 Å². The van der Waals surface area contributed by atoms with E-state index in [1.807, 2.05) is 18.2 Å². The Morgan fingerprint density at radius 3 is 2.00 bits per heavy atom. The molecule has 0 fully saturated rings. The lowest BCUT2D eigenvalue weighted by molar-refractivity contribution is 0.475. The maximum atomic E-state index is 10.3. The van der Waals surface area contributed by atoms with Crippen LogP contribution in [0.4, 0.5) is 0 Å². The highest BCUT2D eigenvalue weighted by molar-refractivity contribution is 7.02. The van der Waals surface area contributed by atoms with Gasteiger partial charge in [0.1, 0.15) is 19.6 Å². The van der Waals surface area contributed by atoms with E-state index in [1.54, 1.807) is 18.2 Å². The molecule has 1 aliphatic rings. The number of hydrogen-bond acceptors (Lipinski definition) is 2. The first-order chi connectivity index (χ1) is 14.0. The van der Waals surface area contributed by atoms with E-state index < -0.39 is 8.07 Å². The first-order valence-electron chi connectivity index (χ1n) is 9.83. The van der Waals surface area contributed by atoms with E-state index in [0.29, 0.717) is 5.75 Å². The number of rotatable bonds is 1. The smallest absolute Gasteiger partial charge is 0.115 e. The van der Waals surface area contributed by atoms with Crippen molar-refractivity contribution < 1.29 is 10.2 Å². The van der Waals surface area contributed by atoms with Crippen LogP contribution in [0.15, 0.2) is 84.9 Å². The molecule has 4 aromatic rings. The van der Waals surface area contributed by atoms with Gasteiger partial charge in [-0.05, 0) is 68.0 Å². The van der Waals surface area contributed by atoms with Crippen LogP contribution in [0.2, 0.25) is 13.1 Å². The molecule has 4 aromatic carbocycles. The summed E-state index contributed by atoms with van der Waals surface area (Å²) in [5.41, 5.74) is 7.11. The highest BCUT2D eigenvalue weighted by atomic mass is 28.3. The standard InChI is InChI=1S/C26H22O2Si/c1-29(2)24-9-4-3-6-23(24)26-20(17-10-12-18(27)13-11-17)7-5-8-22(26)21-15-14-19(28)16-25(21)29/h3-16,27-28H,1-2H3. The second-order valence-corrected chi connectivity index (χ2v) is 12.5. The highest BCUT2D eigenvalue weighted by Crippen LogP contribution is 2.42. The number of benzene rings is 4. The van der Waals surface area contributed by atoms with Gasteiger partial charge in [0.15, 0.2) is 0 Å². The fraction of sp³-hybridized carbons (Fsp3) is 0.0769. The van der Waals surface area contributed by atoms with Gasteiger partial charge in [-0.1, -0.05) is 73.8 Å². The Balaban J connectivity index is 1.94. The Morgan fingerprint density at radius 2 is 1.21 bits per heavy atom. The lowest BCUT2D eigenvalue weighted by atomic mass is 9.87. The van der Waals surface area contributed by atoms with Crippen LogP contribution in [0.1, 0.15) is 0 Å². The fourth-order valence-electron chi connectivity index (χ4n) is 4.62. The molecule has 0 aromatic heterocycles. The maximum absolute atomic E-state index is 10.3. The minimum atomic E-state index is -2.04. The SMILES string of the molecule is C[Si]1(C)c2cc(O)ccc2-c2cccc(-c3ccc(O)cc3)c2-c2ccccc21. The summed E-state index contributed by atoms with van der Waals surface area (Å²) in [4.78, 5) is 0. The van der Waals surface area contributed by atoms with Crippen LogP contribution in [-0.2, 0) is 0 Å². The molecule has 0 saturated heterocycles. The largest absolute Gasteiger partial charge is 0.508 e. The minimum absolute atomic E-state index is 0.269. The third-order valence-electron chi connectivity index (χ3n) is 6.08. The summed E-state index contributed by atoms with van der Waals surface area (Å²) >= 11 is 0. The van der Waals surface area contributed by atoms with E-state index in [0.717, 1.165) is 11.1 Å². The Hall–Kier alpha value is -3.30. The molecule has 2 nitrogen and oxygen atoms in total. The van der Waals surface area contributed by atoms with Crippen molar-refractivity contribution >= 4 is 18.4 Å². The van der Waals surface area contributed by atoms with Gasteiger partial charge in [0, 0.05) is 0 Å². The average molecular weight is 395 g/mol. The summed E-state index contributed by atoms with van der Waals surface area (Å²) in [6, 6.07) is 28.3. The molecule has 5 rings (SSSR count). The van der Waals surface area contributed by atoms with Gasteiger partial charge in [-0.2, -0.15) is 0 Å². The monoisotopic (exact) mass is 394 g/mol. The second-order valence-electron chi connectivity index (χ2n) is 8.18. The number of aromatic hydroxyl groups is 2. The number of fused-ring (bicyclic) bond motifs is 5. The van der Waals surface area contributed by atoms with Crippen molar-refractivity contribution in [3.05, 3.63) is 84.9 Å². The first-order valence-corrected chi connectivity index (χ1v) is 12.8. The summed E-state index contributed by atoms with van der Waals surface area (Å²) < 4.78 is 0. The van der Waals surface area contributed by atoms with E-state index in [1.165, 1.54) is 32.6 Å². The Labute approximate surface area is 171 Å². The van der Waals surface area contributed by atoms with Crippen LogP contribution in [0.3, 0.4) is 0 Å². The van der Waals surface area contributed by atoms with E-state index >= 15 is 0 Å². The van der Waals surface area contributed by atoms with Crippen molar-refractivity contribution in [2.75, 3.05) is 0 Å². The van der Waals surface area contributed by atoms with Gasteiger partial charge in [0.05, 0.1) is 0 Å². The molecule has 1 heterocycles. The van der Waals surface area contributed by atoms with Crippen molar-refractivity contribution in [3.63, 3.8) is 0 Å². The molecule has 0 spiro atoms. The first kappa shape index (κ1) is 17.8. The Kier molecular flexibility index (Phi) is 3.90. The van der Waals surface area contributed by atoms with Crippen LogP contribution >= 0.6 is 0 Å². The van der Waals surface area contributed by atoms with E-state index in [9.17, 15) is 10.2 Å². The van der Waals surface area contributed by atoms with Crippen molar-refractivity contribution in [3.8, 4) is 44.9 Å². The summed E-state index contributed by atoms with van der Waals surface area (Å²) in [5.74, 6) is 0.588. The van der Waals surface area contributed by atoms with Crippen LogP contribution < -0.4 is 10.4 Å². The maximum Gasteiger partial charge on any atom is 0.115 e. The Bertz CT molecular complexity index is 1240. The molecule has 0 aliphatic carbocycles. The summed E-state index contributed by atoms with van der Waals surface area (Å²) in [7, 11) is -2.04. The molecular formula is C26H22O2Si. The molecule has 0 atom stereocenters. The molecule has 2 N–H and O–H groups in total. The van der Waals surface area contributed by atoms with Gasteiger partial charge in [0.25, 0.3) is 0 Å². The molecule has 0 unspecified atom stereocenters. The van der Waals surface area contributed by atoms with Crippen LogP contribution in [-0.4, -0.2) is 18.3 Å². The molecule has 0 bridgehead atoms. The summed E-state index contributed by atoms with van der Waals surface area (Å²) in [6.45, 7) is 4.71. The molecule has 0 saturated carbocycles. The lowest BCUT2D eigenvalue weighted by Gasteiger charge is -2.26. The average Bonchev–Trinajstić information content (AvgIpc) is 2.81. The topological polar surface area (TPSA) is 40.5 Å². The van der Waals surface area contributed by atoms with Gasteiger partial charge in [-0.15, -0.1) is 0 Å².